The maximum atomic E-state index is 13.8. The number of primary amides is 1. The maximum absolute atomic E-state index is 13.8. The van der Waals surface area contributed by atoms with E-state index in [4.69, 9.17) is 17.2 Å². The Balaban J connectivity index is 1.49. The van der Waals surface area contributed by atoms with E-state index in [1.807, 2.05) is 18.2 Å². The number of amides is 6. The van der Waals surface area contributed by atoms with Crippen LogP contribution in [0.5, 0.6) is 0 Å². The van der Waals surface area contributed by atoms with Crippen LogP contribution in [0.25, 0.3) is 22.0 Å². The van der Waals surface area contributed by atoms with E-state index in [-0.39, 0.29) is 43.8 Å². The van der Waals surface area contributed by atoms with Crippen molar-refractivity contribution in [2.45, 2.75) is 56.3 Å². The molecule has 18 nitrogen and oxygen atoms in total. The molecule has 0 saturated carbocycles. The minimum Gasteiger partial charge on any atom is -0.481 e. The average molecular weight is 781 g/mol. The topological polar surface area (TPSA) is 306 Å². The highest BCUT2D eigenvalue weighted by atomic mass is 16.4. The molecule has 0 saturated heterocycles. The first-order valence-electron chi connectivity index (χ1n) is 18.1. The molecule has 0 unspecified atom stereocenters. The molecule has 4 aromatic rings. The average Bonchev–Trinajstić information content (AvgIpc) is 3.58. The van der Waals surface area contributed by atoms with Crippen LogP contribution in [0.15, 0.2) is 84.0 Å². The van der Waals surface area contributed by atoms with Gasteiger partial charge in [0.1, 0.15) is 24.2 Å². The molecule has 7 rings (SSSR count). The lowest BCUT2D eigenvalue weighted by Gasteiger charge is -2.24. The van der Waals surface area contributed by atoms with Crippen molar-refractivity contribution in [2.75, 3.05) is 13.1 Å². The van der Waals surface area contributed by atoms with Gasteiger partial charge in [-0.2, -0.15) is 0 Å². The van der Waals surface area contributed by atoms with Gasteiger partial charge >= 0.3 is 5.97 Å². The summed E-state index contributed by atoms with van der Waals surface area (Å²) in [7, 11) is 0. The monoisotopic (exact) mass is 780 g/mol. The Bertz CT molecular complexity index is 2170. The second-order valence-electron chi connectivity index (χ2n) is 13.5. The number of hydrogen-bond acceptors (Lipinski definition) is 8. The number of aliphatic carboxylic acids is 1. The molecule has 0 fully saturated rings. The number of carbonyl (C=O) groups excluding carboxylic acids is 6. The first kappa shape index (κ1) is 40.9. The number of carboxylic acids is 1. The highest BCUT2D eigenvalue weighted by molar-refractivity contribution is 5.99. The number of aromatic amines is 1. The van der Waals surface area contributed by atoms with Gasteiger partial charge < -0.3 is 53.9 Å². The van der Waals surface area contributed by atoms with Crippen LogP contribution in [0.1, 0.15) is 40.7 Å². The van der Waals surface area contributed by atoms with Crippen molar-refractivity contribution in [1.82, 2.24) is 31.6 Å². The lowest BCUT2D eigenvalue weighted by Crippen LogP contribution is -2.58. The molecular weight excluding hydrogens is 736 g/mol. The number of nitrogens with two attached hydrogens (primary N) is 3. The third kappa shape index (κ3) is 11.4. The van der Waals surface area contributed by atoms with E-state index in [1.54, 1.807) is 60.8 Å². The van der Waals surface area contributed by atoms with Crippen LogP contribution >= 0.6 is 0 Å². The number of carboxylic acid groups (broad SMARTS) is 1. The number of benzene rings is 3. The van der Waals surface area contributed by atoms with Gasteiger partial charge in [0.2, 0.25) is 29.5 Å². The first-order chi connectivity index (χ1) is 27.3. The van der Waals surface area contributed by atoms with Gasteiger partial charge in [0.05, 0.1) is 13.0 Å². The number of aromatic nitrogens is 1. The van der Waals surface area contributed by atoms with Gasteiger partial charge in [0.25, 0.3) is 5.91 Å². The summed E-state index contributed by atoms with van der Waals surface area (Å²) in [5.74, 6) is -6.48. The molecule has 298 valence electrons. The summed E-state index contributed by atoms with van der Waals surface area (Å²) in [5, 5.41) is 22.9. The van der Waals surface area contributed by atoms with E-state index in [0.717, 1.165) is 22.0 Å². The minimum absolute atomic E-state index is 0.00503. The zero-order valence-electron chi connectivity index (χ0n) is 30.7. The summed E-state index contributed by atoms with van der Waals surface area (Å²) in [6.07, 6.45) is 1.11. The van der Waals surface area contributed by atoms with Crippen molar-refractivity contribution in [3.05, 3.63) is 95.7 Å². The summed E-state index contributed by atoms with van der Waals surface area (Å²) < 4.78 is 0. The Kier molecular flexibility index (Phi) is 13.6. The highest BCUT2D eigenvalue weighted by Crippen LogP contribution is 2.27. The Hall–Kier alpha value is -7.24. The fraction of sp³-hybridized carbons (Fsp3) is 0.282. The largest absolute Gasteiger partial charge is 0.481 e. The molecule has 3 aromatic carbocycles. The lowest BCUT2D eigenvalue weighted by molar-refractivity contribution is -0.141. The molecule has 4 atom stereocenters. The van der Waals surface area contributed by atoms with E-state index in [1.165, 1.54) is 0 Å². The quantitative estimate of drug-likeness (QED) is 0.0580. The molecule has 18 heteroatoms. The fourth-order valence-electron chi connectivity index (χ4n) is 6.33. The number of rotatable bonds is 9. The van der Waals surface area contributed by atoms with Crippen LogP contribution in [-0.2, 0) is 41.6 Å². The van der Waals surface area contributed by atoms with E-state index >= 15 is 0 Å². The SMILES string of the molecule is NC(=O)[C@H]1Cc2c[nH]c3cc(ccc23)-c2ccc(cc2)C(=O)N[C@@H](CCCN=C(N)N)C(=O)NCC(=O)N[C@@H](CC(=O)O)C(=O)N[C@@H](Cc2ccccc2)C(=O)N1. The van der Waals surface area contributed by atoms with Crippen molar-refractivity contribution in [3.8, 4) is 11.1 Å². The molecule has 3 aliphatic rings. The van der Waals surface area contributed by atoms with Gasteiger partial charge in [-0.3, -0.25) is 38.6 Å². The third-order valence-corrected chi connectivity index (χ3v) is 9.27. The van der Waals surface area contributed by atoms with Crippen LogP contribution in [0.4, 0.5) is 0 Å². The molecule has 0 radical (unpaired) electrons. The van der Waals surface area contributed by atoms with Gasteiger partial charge in [-0.25, -0.2) is 0 Å². The smallest absolute Gasteiger partial charge is 0.305 e. The third-order valence-electron chi connectivity index (χ3n) is 9.27. The Morgan fingerprint density at radius 2 is 1.44 bits per heavy atom. The van der Waals surface area contributed by atoms with Crippen LogP contribution in [0, 0.1) is 0 Å². The lowest BCUT2D eigenvalue weighted by atomic mass is 9.99. The molecule has 57 heavy (non-hydrogen) atoms. The summed E-state index contributed by atoms with van der Waals surface area (Å²) in [4.78, 5) is 98.9. The summed E-state index contributed by atoms with van der Waals surface area (Å²) in [6, 6.07) is 15.5. The van der Waals surface area contributed by atoms with Gasteiger partial charge in [0.15, 0.2) is 5.96 Å². The van der Waals surface area contributed by atoms with E-state index in [0.29, 0.717) is 11.1 Å². The standard InChI is InChI=1S/C39H44N10O8/c40-34(53)29-17-25-19-44-28-16-24(12-13-26(25)28)22-8-10-23(11-9-22)35(54)47-27(7-4-14-43-39(41)42)36(55)45-20-32(50)46-31(18-33(51)52)38(57)49-30(37(56)48-29)15-21-5-2-1-3-6-21/h1-3,5-6,8-13,16,19,27,29-31,44H,4,7,14-15,17-18,20H2,(H2,40,53)(H,45,55)(H,46,50)(H,47,54)(H,48,56)(H,49,57)(H,51,52)(H4,41,42,43)/t27-,29+,30-,31-/m0/s1. The molecular formula is C39H44N10O8. The molecule has 0 aliphatic carbocycles. The first-order valence-corrected chi connectivity index (χ1v) is 18.1. The number of aliphatic imine (C=N–C) groups is 1. The molecule has 6 bridgehead atoms. The molecule has 4 heterocycles. The Morgan fingerprint density at radius 1 is 0.754 bits per heavy atom. The number of guanidine groups is 1. The normalized spacial score (nSPS) is 19.7. The molecule has 1 aromatic heterocycles. The number of nitrogens with zero attached hydrogens (tertiary/aromatic N) is 1. The van der Waals surface area contributed by atoms with Crippen molar-refractivity contribution >= 4 is 58.3 Å². The number of nitrogens with one attached hydrogen (secondary N) is 6. The summed E-state index contributed by atoms with van der Waals surface area (Å²) in [5.41, 5.74) is 20.4. The number of hydrogen-bond donors (Lipinski definition) is 10. The summed E-state index contributed by atoms with van der Waals surface area (Å²) >= 11 is 0. The second-order valence-corrected chi connectivity index (χ2v) is 13.5. The molecule has 13 N–H and O–H groups in total. The number of fused-ring (bicyclic) bond motifs is 2. The van der Waals surface area contributed by atoms with E-state index < -0.39 is 78.5 Å². The molecule has 3 aliphatic heterocycles. The molecule has 0 spiro atoms. The van der Waals surface area contributed by atoms with Gasteiger partial charge in [-0.15, -0.1) is 0 Å². The zero-order chi connectivity index (χ0) is 41.1. The van der Waals surface area contributed by atoms with Crippen LogP contribution < -0.4 is 43.8 Å². The highest BCUT2D eigenvalue weighted by Gasteiger charge is 2.31. The second kappa shape index (κ2) is 18.9. The van der Waals surface area contributed by atoms with Gasteiger partial charge in [0, 0.05) is 42.0 Å². The number of H-pyrrole nitrogens is 1. The zero-order valence-corrected chi connectivity index (χ0v) is 30.7. The van der Waals surface area contributed by atoms with Crippen LogP contribution in [-0.4, -0.2) is 94.7 Å². The fourth-order valence-corrected chi connectivity index (χ4v) is 6.33. The minimum atomic E-state index is -1.69. The van der Waals surface area contributed by atoms with Crippen molar-refractivity contribution in [2.24, 2.45) is 22.2 Å². The summed E-state index contributed by atoms with van der Waals surface area (Å²) in [6.45, 7) is -0.543. The van der Waals surface area contributed by atoms with Gasteiger partial charge in [-0.1, -0.05) is 54.6 Å². The predicted molar refractivity (Wildman–Crippen MR) is 209 cm³/mol. The van der Waals surface area contributed by atoms with Crippen LogP contribution in [0.3, 0.4) is 0 Å². The van der Waals surface area contributed by atoms with Crippen molar-refractivity contribution in [3.63, 3.8) is 0 Å². The number of carbonyl (C=O) groups is 7. The Morgan fingerprint density at radius 3 is 2.12 bits per heavy atom. The van der Waals surface area contributed by atoms with Crippen molar-refractivity contribution in [1.29, 1.82) is 0 Å². The van der Waals surface area contributed by atoms with Gasteiger partial charge in [-0.05, 0) is 53.3 Å². The predicted octanol–water partition coefficient (Wildman–Crippen LogP) is -0.684. The Labute approximate surface area is 326 Å². The maximum Gasteiger partial charge on any atom is 0.305 e. The van der Waals surface area contributed by atoms with Crippen molar-refractivity contribution < 1.29 is 38.7 Å². The van der Waals surface area contributed by atoms with Crippen LogP contribution in [0.2, 0.25) is 0 Å². The van der Waals surface area contributed by atoms with E-state index in [2.05, 4.69) is 36.6 Å². The van der Waals surface area contributed by atoms with E-state index in [9.17, 15) is 38.7 Å². The molecule has 6 amide bonds.